The fraction of sp³-hybridized carbons (Fsp3) is 0.533. The first-order chi connectivity index (χ1) is 18.2. The lowest BCUT2D eigenvalue weighted by atomic mass is 9.46. The third-order valence-corrected chi connectivity index (χ3v) is 11.1. The molecule has 1 aromatic carbocycles. The zero-order valence-corrected chi connectivity index (χ0v) is 22.6. The second-order valence-electron chi connectivity index (χ2n) is 11.8. The van der Waals surface area contributed by atoms with Gasteiger partial charge in [0.1, 0.15) is 17.4 Å². The van der Waals surface area contributed by atoms with Crippen LogP contribution in [-0.4, -0.2) is 56.0 Å². The average molecular weight is 535 g/mol. The summed E-state index contributed by atoms with van der Waals surface area (Å²) in [6, 6.07) is 7.62. The standard InChI is InChI=1S/C30H34N2O5S/c1-28-11-9-19(34)13-18(28)7-8-20-21-10-12-30(37-17-33,29(21,2)14-24(35)27(20)28)25(36)16-38-26-15-31-22-5-3-4-6-23(22)32-26/h3-6,9,11,13,15,20-21,24,27,33,35H,7-8,10,12,14,16-17H2,1-2H3/t20?,21?,24-,27?,28?,29?,30-/m0/s1. The third-order valence-electron chi connectivity index (χ3n) is 10.2. The lowest BCUT2D eigenvalue weighted by Gasteiger charge is -2.60. The van der Waals surface area contributed by atoms with Gasteiger partial charge in [0, 0.05) is 16.7 Å². The molecule has 4 aliphatic rings. The number of Topliss-reactive ketones (excluding diaryl/α,β-unsaturated/α-hetero) is 1. The monoisotopic (exact) mass is 534 g/mol. The number of benzene rings is 1. The molecule has 0 amide bonds. The Morgan fingerprint density at radius 2 is 2.00 bits per heavy atom. The van der Waals surface area contributed by atoms with Crippen LogP contribution in [0.3, 0.4) is 0 Å². The van der Waals surface area contributed by atoms with Crippen molar-refractivity contribution in [1.82, 2.24) is 9.97 Å². The van der Waals surface area contributed by atoms with E-state index in [0.717, 1.165) is 35.9 Å². The largest absolute Gasteiger partial charge is 0.393 e. The molecule has 3 fully saturated rings. The fourth-order valence-electron chi connectivity index (χ4n) is 8.47. The number of hydrogen-bond donors (Lipinski definition) is 2. The molecule has 0 bridgehead atoms. The van der Waals surface area contributed by atoms with E-state index in [0.29, 0.717) is 17.9 Å². The van der Waals surface area contributed by atoms with E-state index in [9.17, 15) is 19.8 Å². The van der Waals surface area contributed by atoms with Crippen molar-refractivity contribution in [1.29, 1.82) is 0 Å². The predicted octanol–water partition coefficient (Wildman–Crippen LogP) is 4.27. The molecule has 1 heterocycles. The maximum absolute atomic E-state index is 14.0. The molecule has 8 heteroatoms. The van der Waals surface area contributed by atoms with Crippen LogP contribution in [0, 0.1) is 28.6 Å². The third kappa shape index (κ3) is 3.75. The van der Waals surface area contributed by atoms with Gasteiger partial charge in [0.15, 0.2) is 11.6 Å². The van der Waals surface area contributed by atoms with E-state index in [2.05, 4.69) is 23.8 Å². The summed E-state index contributed by atoms with van der Waals surface area (Å²) >= 11 is 1.33. The average Bonchev–Trinajstić information content (AvgIpc) is 3.20. The Morgan fingerprint density at radius 1 is 1.21 bits per heavy atom. The summed E-state index contributed by atoms with van der Waals surface area (Å²) in [7, 11) is 0. The van der Waals surface area contributed by atoms with Gasteiger partial charge in [0.05, 0.1) is 29.1 Å². The van der Waals surface area contributed by atoms with Crippen LogP contribution in [0.4, 0.5) is 0 Å². The number of para-hydroxylation sites is 2. The Labute approximate surface area is 226 Å². The molecule has 7 atom stereocenters. The molecule has 1 aromatic heterocycles. The van der Waals surface area contributed by atoms with Gasteiger partial charge in [0.25, 0.3) is 0 Å². The number of aromatic nitrogens is 2. The molecule has 0 radical (unpaired) electrons. The number of rotatable bonds is 6. The molecule has 0 spiro atoms. The summed E-state index contributed by atoms with van der Waals surface area (Å²) in [5.74, 6) is 0.428. The number of hydrogen-bond acceptors (Lipinski definition) is 8. The minimum Gasteiger partial charge on any atom is -0.393 e. The van der Waals surface area contributed by atoms with Gasteiger partial charge in [-0.15, -0.1) is 0 Å². The molecule has 0 saturated heterocycles. The molecule has 3 saturated carbocycles. The van der Waals surface area contributed by atoms with Crippen LogP contribution < -0.4 is 0 Å². The highest BCUT2D eigenvalue weighted by atomic mass is 32.2. The smallest absolute Gasteiger partial charge is 0.178 e. The summed E-state index contributed by atoms with van der Waals surface area (Å²) in [5.41, 5.74) is 0.526. The minimum absolute atomic E-state index is 0.0153. The Morgan fingerprint density at radius 3 is 2.79 bits per heavy atom. The first-order valence-electron chi connectivity index (χ1n) is 13.5. The van der Waals surface area contributed by atoms with Crippen molar-refractivity contribution in [2.75, 3.05) is 12.5 Å². The van der Waals surface area contributed by atoms with E-state index in [-0.39, 0.29) is 40.5 Å². The van der Waals surface area contributed by atoms with E-state index in [4.69, 9.17) is 4.74 Å². The normalized spacial score (nSPS) is 37.9. The molecular weight excluding hydrogens is 500 g/mol. The lowest BCUT2D eigenvalue weighted by molar-refractivity contribution is -0.207. The summed E-state index contributed by atoms with van der Waals surface area (Å²) < 4.78 is 6.03. The van der Waals surface area contributed by atoms with Crippen molar-refractivity contribution in [2.24, 2.45) is 28.6 Å². The number of carbonyl (C=O) groups is 2. The number of aliphatic hydroxyl groups excluding tert-OH is 2. The summed E-state index contributed by atoms with van der Waals surface area (Å²) in [6.07, 6.45) is 9.82. The lowest BCUT2D eigenvalue weighted by Crippen LogP contribution is -2.62. The number of ketones is 2. The molecule has 4 aliphatic carbocycles. The van der Waals surface area contributed by atoms with E-state index in [1.54, 1.807) is 18.3 Å². The van der Waals surface area contributed by atoms with Crippen LogP contribution >= 0.6 is 11.8 Å². The number of aliphatic hydroxyl groups is 2. The highest BCUT2D eigenvalue weighted by molar-refractivity contribution is 7.99. The first kappa shape index (κ1) is 25.9. The molecule has 7 nitrogen and oxygen atoms in total. The van der Waals surface area contributed by atoms with Crippen LogP contribution in [0.1, 0.15) is 46.0 Å². The highest BCUT2D eigenvalue weighted by Gasteiger charge is 2.69. The molecule has 2 aromatic rings. The van der Waals surface area contributed by atoms with Gasteiger partial charge in [-0.1, -0.05) is 49.4 Å². The maximum atomic E-state index is 14.0. The quantitative estimate of drug-likeness (QED) is 0.418. The van der Waals surface area contributed by atoms with Gasteiger partial charge < -0.3 is 14.9 Å². The van der Waals surface area contributed by atoms with Gasteiger partial charge in [0.2, 0.25) is 0 Å². The van der Waals surface area contributed by atoms with Crippen molar-refractivity contribution in [3.63, 3.8) is 0 Å². The Bertz CT molecular complexity index is 1360. The van der Waals surface area contributed by atoms with Crippen LogP contribution in [0.2, 0.25) is 0 Å². The van der Waals surface area contributed by atoms with Crippen molar-refractivity contribution in [2.45, 2.75) is 62.7 Å². The van der Waals surface area contributed by atoms with Crippen molar-refractivity contribution < 1.29 is 24.5 Å². The molecule has 200 valence electrons. The van der Waals surface area contributed by atoms with Gasteiger partial charge in [-0.3, -0.25) is 14.6 Å². The summed E-state index contributed by atoms with van der Waals surface area (Å²) in [5, 5.41) is 22.3. The number of ether oxygens (including phenoxy) is 1. The molecule has 2 N–H and O–H groups in total. The van der Waals surface area contributed by atoms with Gasteiger partial charge in [-0.25, -0.2) is 4.98 Å². The van der Waals surface area contributed by atoms with Gasteiger partial charge in [-0.2, -0.15) is 0 Å². The SMILES string of the molecule is CC12C=CC(=O)C=C1CCC1C2[C@@H](O)CC2(C)C1CC[C@]2(OCO)C(=O)CSc1cnc2ccccc2n1. The Balaban J connectivity index is 1.28. The molecule has 6 rings (SSSR count). The zero-order valence-electron chi connectivity index (χ0n) is 21.8. The van der Waals surface area contributed by atoms with Crippen molar-refractivity contribution >= 4 is 34.4 Å². The number of allylic oxidation sites excluding steroid dienone is 4. The maximum Gasteiger partial charge on any atom is 0.178 e. The van der Waals surface area contributed by atoms with Crippen LogP contribution in [0.15, 0.2) is 59.3 Å². The summed E-state index contributed by atoms with van der Waals surface area (Å²) in [6.45, 7) is 3.67. The van der Waals surface area contributed by atoms with Crippen molar-refractivity contribution in [3.05, 3.63) is 54.3 Å². The minimum atomic E-state index is -1.18. The first-order valence-corrected chi connectivity index (χ1v) is 14.5. The Kier molecular flexibility index (Phi) is 6.37. The Hall–Kier alpha value is -2.39. The number of nitrogens with zero attached hydrogens (tertiary/aromatic N) is 2. The van der Waals surface area contributed by atoms with E-state index in [1.165, 1.54) is 11.8 Å². The number of fused-ring (bicyclic) bond motifs is 6. The van der Waals surface area contributed by atoms with E-state index < -0.39 is 23.9 Å². The fourth-order valence-corrected chi connectivity index (χ4v) is 9.27. The van der Waals surface area contributed by atoms with Crippen molar-refractivity contribution in [3.8, 4) is 0 Å². The number of carbonyl (C=O) groups excluding carboxylic acids is 2. The molecule has 38 heavy (non-hydrogen) atoms. The second kappa shape index (κ2) is 9.37. The molecule has 0 aliphatic heterocycles. The van der Waals surface area contributed by atoms with E-state index in [1.807, 2.05) is 30.3 Å². The molecule has 5 unspecified atom stereocenters. The predicted molar refractivity (Wildman–Crippen MR) is 144 cm³/mol. The number of thioether (sulfide) groups is 1. The van der Waals surface area contributed by atoms with Gasteiger partial charge >= 0.3 is 0 Å². The topological polar surface area (TPSA) is 110 Å². The summed E-state index contributed by atoms with van der Waals surface area (Å²) in [4.78, 5) is 35.2. The van der Waals surface area contributed by atoms with Crippen LogP contribution in [0.5, 0.6) is 0 Å². The highest BCUT2D eigenvalue weighted by Crippen LogP contribution is 2.68. The zero-order chi connectivity index (χ0) is 26.7. The molecular formula is C30H34N2O5S. The van der Waals surface area contributed by atoms with E-state index >= 15 is 0 Å². The van der Waals surface area contributed by atoms with Crippen LogP contribution in [0.25, 0.3) is 11.0 Å². The second-order valence-corrected chi connectivity index (χ2v) is 12.8. The van der Waals surface area contributed by atoms with Gasteiger partial charge in [-0.05, 0) is 68.2 Å². The van der Waals surface area contributed by atoms with Crippen LogP contribution in [-0.2, 0) is 14.3 Å².